The molecule has 0 bridgehead atoms. The van der Waals surface area contributed by atoms with Crippen LogP contribution in [0.25, 0.3) is 5.70 Å². The minimum absolute atomic E-state index is 0.602. The van der Waals surface area contributed by atoms with Crippen LogP contribution >= 0.6 is 11.8 Å². The van der Waals surface area contributed by atoms with E-state index in [-0.39, 0.29) is 0 Å². The lowest BCUT2D eigenvalue weighted by atomic mass is 10.1. The molecule has 2 aliphatic rings. The van der Waals surface area contributed by atoms with Gasteiger partial charge in [-0.2, -0.15) is 0 Å². The maximum absolute atomic E-state index is 5.87. The van der Waals surface area contributed by atoms with E-state index in [1.54, 1.807) is 11.8 Å². The molecule has 4 heteroatoms. The third kappa shape index (κ3) is 1.55. The zero-order valence-electron chi connectivity index (χ0n) is 8.68. The first-order valence-corrected chi connectivity index (χ1v) is 6.16. The predicted molar refractivity (Wildman–Crippen MR) is 69.9 cm³/mol. The summed E-state index contributed by atoms with van der Waals surface area (Å²) in [5.74, 6) is 1.67. The maximum atomic E-state index is 5.87. The lowest BCUT2D eigenvalue weighted by Crippen LogP contribution is -2.09. The van der Waals surface area contributed by atoms with Gasteiger partial charge in [0.05, 0.1) is 10.7 Å². The Bertz CT molecular complexity index is 529. The number of nitrogens with zero attached hydrogens (tertiary/aromatic N) is 2. The molecule has 80 valence electrons. The Morgan fingerprint density at radius 2 is 2.06 bits per heavy atom. The molecule has 2 N–H and O–H groups in total. The lowest BCUT2D eigenvalue weighted by Gasteiger charge is -1.98. The summed E-state index contributed by atoms with van der Waals surface area (Å²) >= 11 is 1.77. The Kier molecular flexibility index (Phi) is 2.29. The fourth-order valence-electron chi connectivity index (χ4n) is 1.85. The second-order valence-electron chi connectivity index (χ2n) is 3.64. The van der Waals surface area contributed by atoms with Crippen molar-refractivity contribution in [3.8, 4) is 0 Å². The summed E-state index contributed by atoms with van der Waals surface area (Å²) < 4.78 is 0. The van der Waals surface area contributed by atoms with Crippen LogP contribution in [0.4, 0.5) is 0 Å². The molecular formula is C12H11N3S. The minimum Gasteiger partial charge on any atom is -0.383 e. The van der Waals surface area contributed by atoms with Crippen molar-refractivity contribution in [1.29, 1.82) is 0 Å². The maximum Gasteiger partial charge on any atom is 0.132 e. The van der Waals surface area contributed by atoms with Crippen LogP contribution in [0.5, 0.6) is 0 Å². The van der Waals surface area contributed by atoms with Crippen molar-refractivity contribution >= 4 is 28.3 Å². The number of fused-ring (bicyclic) bond motifs is 1. The van der Waals surface area contributed by atoms with Gasteiger partial charge in [-0.05, 0) is 6.08 Å². The zero-order chi connectivity index (χ0) is 11.0. The fraction of sp³-hybridized carbons (Fsp3) is 0.167. The molecule has 0 saturated carbocycles. The molecular weight excluding hydrogens is 218 g/mol. The van der Waals surface area contributed by atoms with Crippen LogP contribution in [0.2, 0.25) is 0 Å². The fourth-order valence-corrected chi connectivity index (χ4v) is 2.62. The SMILES string of the molecule is NC1=N/C(=C\C2=NCCS2)c2ccccc21. The van der Waals surface area contributed by atoms with E-state index >= 15 is 0 Å². The first kappa shape index (κ1) is 9.66. The highest BCUT2D eigenvalue weighted by atomic mass is 32.2. The molecule has 2 aliphatic heterocycles. The third-order valence-electron chi connectivity index (χ3n) is 2.59. The van der Waals surface area contributed by atoms with Gasteiger partial charge >= 0.3 is 0 Å². The summed E-state index contributed by atoms with van der Waals surface area (Å²) in [6.07, 6.45) is 2.02. The molecule has 0 radical (unpaired) electrons. The minimum atomic E-state index is 0.602. The standard InChI is InChI=1S/C12H11N3S/c13-12-9-4-2-1-3-8(9)10(15-12)7-11-14-5-6-16-11/h1-4,7H,5-6H2,(H2,13,15)/b10-7-. The first-order chi connectivity index (χ1) is 7.84. The monoisotopic (exact) mass is 229 g/mol. The molecule has 2 heterocycles. The molecule has 3 nitrogen and oxygen atoms in total. The van der Waals surface area contributed by atoms with Crippen LogP contribution in [-0.4, -0.2) is 23.2 Å². The zero-order valence-corrected chi connectivity index (χ0v) is 9.50. The number of nitrogens with two attached hydrogens (primary N) is 1. The number of aliphatic imine (C=N–C) groups is 2. The molecule has 0 spiro atoms. The third-order valence-corrected chi connectivity index (χ3v) is 3.52. The molecule has 0 saturated heterocycles. The number of thioether (sulfide) groups is 1. The highest BCUT2D eigenvalue weighted by Crippen LogP contribution is 2.28. The van der Waals surface area contributed by atoms with Gasteiger partial charge in [0.15, 0.2) is 0 Å². The van der Waals surface area contributed by atoms with E-state index in [1.807, 2.05) is 30.3 Å². The van der Waals surface area contributed by atoms with Gasteiger partial charge < -0.3 is 5.73 Å². The van der Waals surface area contributed by atoms with Crippen molar-refractivity contribution in [2.24, 2.45) is 15.7 Å². The van der Waals surface area contributed by atoms with Crippen LogP contribution in [0.1, 0.15) is 11.1 Å². The largest absolute Gasteiger partial charge is 0.383 e. The first-order valence-electron chi connectivity index (χ1n) is 5.17. The molecule has 0 fully saturated rings. The number of benzene rings is 1. The van der Waals surface area contributed by atoms with Gasteiger partial charge in [0.2, 0.25) is 0 Å². The van der Waals surface area contributed by atoms with Crippen LogP contribution < -0.4 is 5.73 Å². The molecule has 16 heavy (non-hydrogen) atoms. The van der Waals surface area contributed by atoms with Crippen molar-refractivity contribution in [2.75, 3.05) is 12.3 Å². The van der Waals surface area contributed by atoms with E-state index in [1.165, 1.54) is 0 Å². The van der Waals surface area contributed by atoms with E-state index in [9.17, 15) is 0 Å². The number of hydrogen-bond acceptors (Lipinski definition) is 4. The van der Waals surface area contributed by atoms with E-state index in [0.29, 0.717) is 5.84 Å². The summed E-state index contributed by atoms with van der Waals surface area (Å²) in [7, 11) is 0. The van der Waals surface area contributed by atoms with Gasteiger partial charge in [-0.3, -0.25) is 4.99 Å². The number of hydrogen-bond donors (Lipinski definition) is 1. The average molecular weight is 229 g/mol. The van der Waals surface area contributed by atoms with Crippen molar-refractivity contribution in [3.05, 3.63) is 41.5 Å². The van der Waals surface area contributed by atoms with Crippen LogP contribution in [0.3, 0.4) is 0 Å². The molecule has 0 atom stereocenters. The highest BCUT2D eigenvalue weighted by molar-refractivity contribution is 8.14. The van der Waals surface area contributed by atoms with Gasteiger partial charge in [-0.25, -0.2) is 4.99 Å². The Morgan fingerprint density at radius 3 is 2.81 bits per heavy atom. The molecule has 0 aliphatic carbocycles. The summed E-state index contributed by atoms with van der Waals surface area (Å²) in [6, 6.07) is 8.03. The predicted octanol–water partition coefficient (Wildman–Crippen LogP) is 1.89. The Morgan fingerprint density at radius 1 is 1.25 bits per heavy atom. The van der Waals surface area contributed by atoms with E-state index < -0.39 is 0 Å². The summed E-state index contributed by atoms with van der Waals surface area (Å²) in [5.41, 5.74) is 8.94. The van der Waals surface area contributed by atoms with Crippen molar-refractivity contribution in [3.63, 3.8) is 0 Å². The van der Waals surface area contributed by atoms with Crippen molar-refractivity contribution < 1.29 is 0 Å². The Balaban J connectivity index is 2.05. The van der Waals surface area contributed by atoms with Gasteiger partial charge in [0.25, 0.3) is 0 Å². The van der Waals surface area contributed by atoms with Gasteiger partial charge in [-0.1, -0.05) is 24.3 Å². The lowest BCUT2D eigenvalue weighted by molar-refractivity contribution is 1.18. The van der Waals surface area contributed by atoms with Gasteiger partial charge in [-0.15, -0.1) is 11.8 Å². The van der Waals surface area contributed by atoms with Crippen LogP contribution in [0, 0.1) is 0 Å². The highest BCUT2D eigenvalue weighted by Gasteiger charge is 2.18. The Labute approximate surface area is 98.2 Å². The summed E-state index contributed by atoms with van der Waals surface area (Å²) in [6.45, 7) is 0.907. The normalized spacial score (nSPS) is 20.9. The van der Waals surface area contributed by atoms with Crippen LogP contribution in [0.15, 0.2) is 40.3 Å². The molecule has 0 unspecified atom stereocenters. The molecule has 1 aromatic carbocycles. The molecule has 0 amide bonds. The van der Waals surface area contributed by atoms with Gasteiger partial charge in [0.1, 0.15) is 5.84 Å². The number of rotatable bonds is 1. The smallest absolute Gasteiger partial charge is 0.132 e. The second kappa shape index (κ2) is 3.79. The second-order valence-corrected chi connectivity index (χ2v) is 4.76. The Hall–Kier alpha value is -1.55. The van der Waals surface area contributed by atoms with E-state index in [2.05, 4.69) is 9.98 Å². The van der Waals surface area contributed by atoms with Gasteiger partial charge in [0, 0.05) is 23.4 Å². The quantitative estimate of drug-likeness (QED) is 0.799. The average Bonchev–Trinajstić information content (AvgIpc) is 2.90. The summed E-state index contributed by atoms with van der Waals surface area (Å²) in [4.78, 5) is 8.77. The van der Waals surface area contributed by atoms with E-state index in [0.717, 1.165) is 34.2 Å². The van der Waals surface area contributed by atoms with Crippen molar-refractivity contribution in [2.45, 2.75) is 0 Å². The van der Waals surface area contributed by atoms with Crippen LogP contribution in [-0.2, 0) is 0 Å². The molecule has 1 aromatic rings. The number of amidine groups is 1. The topological polar surface area (TPSA) is 50.7 Å². The summed E-state index contributed by atoms with van der Waals surface area (Å²) in [5, 5.41) is 1.06. The molecule has 0 aromatic heterocycles. The van der Waals surface area contributed by atoms with E-state index in [4.69, 9.17) is 5.73 Å². The molecule has 3 rings (SSSR count). The van der Waals surface area contributed by atoms with Crippen molar-refractivity contribution in [1.82, 2.24) is 0 Å².